The second-order valence-corrected chi connectivity index (χ2v) is 4.45. The van der Waals surface area contributed by atoms with E-state index in [0.29, 0.717) is 6.42 Å². The van der Waals surface area contributed by atoms with E-state index in [1.165, 1.54) is 5.56 Å². The van der Waals surface area contributed by atoms with E-state index in [4.69, 9.17) is 4.74 Å². The van der Waals surface area contributed by atoms with Crippen molar-refractivity contribution in [2.75, 3.05) is 20.2 Å². The van der Waals surface area contributed by atoms with Crippen molar-refractivity contribution in [3.8, 4) is 5.75 Å². The molecule has 0 saturated carbocycles. The maximum Gasteiger partial charge on any atom is 0.223 e. The summed E-state index contributed by atoms with van der Waals surface area (Å²) in [5, 5.41) is 0. The fourth-order valence-electron chi connectivity index (χ4n) is 2.07. The summed E-state index contributed by atoms with van der Waals surface area (Å²) in [6.07, 6.45) is 6.56. The van der Waals surface area contributed by atoms with Crippen molar-refractivity contribution in [1.29, 1.82) is 0 Å². The van der Waals surface area contributed by atoms with Gasteiger partial charge in [0.25, 0.3) is 0 Å². The third-order valence-electron chi connectivity index (χ3n) is 3.20. The van der Waals surface area contributed by atoms with E-state index in [2.05, 4.69) is 12.2 Å². The van der Waals surface area contributed by atoms with Gasteiger partial charge >= 0.3 is 0 Å². The van der Waals surface area contributed by atoms with Crippen LogP contribution in [-0.2, 0) is 11.2 Å². The number of benzene rings is 1. The monoisotopic (exact) mass is 245 g/mol. The van der Waals surface area contributed by atoms with Crippen LogP contribution in [0.2, 0.25) is 0 Å². The summed E-state index contributed by atoms with van der Waals surface area (Å²) >= 11 is 0. The lowest BCUT2D eigenvalue weighted by Gasteiger charge is -2.23. The molecule has 0 atom stereocenters. The zero-order chi connectivity index (χ0) is 12.8. The maximum atomic E-state index is 12.0. The van der Waals surface area contributed by atoms with Crippen molar-refractivity contribution < 1.29 is 9.53 Å². The molecular weight excluding hydrogens is 226 g/mol. The fraction of sp³-hybridized carbons (Fsp3) is 0.400. The van der Waals surface area contributed by atoms with Crippen LogP contribution in [0.3, 0.4) is 0 Å². The number of ether oxygens (including phenoxy) is 1. The maximum absolute atomic E-state index is 12.0. The molecule has 1 heterocycles. The van der Waals surface area contributed by atoms with Gasteiger partial charge in [-0.2, -0.15) is 0 Å². The molecule has 1 aliphatic rings. The van der Waals surface area contributed by atoms with E-state index < -0.39 is 0 Å². The van der Waals surface area contributed by atoms with Gasteiger partial charge in [-0.25, -0.2) is 0 Å². The minimum Gasteiger partial charge on any atom is -0.497 e. The van der Waals surface area contributed by atoms with E-state index in [1.807, 2.05) is 29.2 Å². The number of nitrogens with zero attached hydrogens (tertiary/aromatic N) is 1. The van der Waals surface area contributed by atoms with Gasteiger partial charge in [0.1, 0.15) is 5.75 Å². The van der Waals surface area contributed by atoms with Crippen LogP contribution in [0.25, 0.3) is 0 Å². The minimum absolute atomic E-state index is 0.246. The Morgan fingerprint density at radius 2 is 2.06 bits per heavy atom. The fourth-order valence-corrected chi connectivity index (χ4v) is 2.07. The average molecular weight is 245 g/mol. The van der Waals surface area contributed by atoms with Gasteiger partial charge < -0.3 is 9.64 Å². The molecule has 0 aliphatic carbocycles. The average Bonchev–Trinajstić information content (AvgIpc) is 2.46. The molecule has 0 fully saturated rings. The lowest BCUT2D eigenvalue weighted by Crippen LogP contribution is -2.33. The Morgan fingerprint density at radius 3 is 2.67 bits per heavy atom. The van der Waals surface area contributed by atoms with Crippen molar-refractivity contribution in [1.82, 2.24) is 4.90 Å². The van der Waals surface area contributed by atoms with Crippen molar-refractivity contribution in [2.45, 2.75) is 19.3 Å². The van der Waals surface area contributed by atoms with Crippen LogP contribution in [0.4, 0.5) is 0 Å². The zero-order valence-electron chi connectivity index (χ0n) is 10.8. The Kier molecular flexibility index (Phi) is 4.40. The number of hydrogen-bond donors (Lipinski definition) is 0. The Balaban J connectivity index is 1.82. The molecule has 0 saturated heterocycles. The van der Waals surface area contributed by atoms with Gasteiger partial charge in [0.05, 0.1) is 7.11 Å². The zero-order valence-corrected chi connectivity index (χ0v) is 10.8. The molecule has 0 N–H and O–H groups in total. The van der Waals surface area contributed by atoms with E-state index in [0.717, 1.165) is 31.7 Å². The van der Waals surface area contributed by atoms with Crippen LogP contribution in [0.15, 0.2) is 36.4 Å². The van der Waals surface area contributed by atoms with Crippen LogP contribution in [0.1, 0.15) is 18.4 Å². The molecule has 0 unspecified atom stereocenters. The van der Waals surface area contributed by atoms with Gasteiger partial charge in [-0.05, 0) is 30.5 Å². The summed E-state index contributed by atoms with van der Waals surface area (Å²) in [5.74, 6) is 1.10. The number of carbonyl (C=O) groups excluding carboxylic acids is 1. The SMILES string of the molecule is COc1ccc(CCC(=O)N2CC=CCC2)cc1. The summed E-state index contributed by atoms with van der Waals surface area (Å²) < 4.78 is 5.11. The highest BCUT2D eigenvalue weighted by atomic mass is 16.5. The molecular formula is C15H19NO2. The first-order valence-electron chi connectivity index (χ1n) is 6.35. The first-order valence-corrected chi connectivity index (χ1v) is 6.35. The molecule has 96 valence electrons. The molecule has 0 radical (unpaired) electrons. The molecule has 0 spiro atoms. The van der Waals surface area contributed by atoms with Crippen LogP contribution in [-0.4, -0.2) is 31.0 Å². The highest BCUT2D eigenvalue weighted by molar-refractivity contribution is 5.76. The minimum atomic E-state index is 0.246. The molecule has 1 aromatic rings. The van der Waals surface area contributed by atoms with E-state index in [1.54, 1.807) is 7.11 Å². The van der Waals surface area contributed by atoms with Crippen molar-refractivity contribution in [2.24, 2.45) is 0 Å². The quantitative estimate of drug-likeness (QED) is 0.762. The molecule has 3 heteroatoms. The molecule has 1 aliphatic heterocycles. The van der Waals surface area contributed by atoms with Gasteiger partial charge in [0, 0.05) is 19.5 Å². The molecule has 3 nitrogen and oxygen atoms in total. The lowest BCUT2D eigenvalue weighted by atomic mass is 10.1. The predicted octanol–water partition coefficient (Wildman–Crippen LogP) is 2.42. The molecule has 1 aromatic carbocycles. The number of rotatable bonds is 4. The van der Waals surface area contributed by atoms with E-state index in [9.17, 15) is 4.79 Å². The summed E-state index contributed by atoms with van der Waals surface area (Å²) in [4.78, 5) is 13.9. The third kappa shape index (κ3) is 3.36. The highest BCUT2D eigenvalue weighted by Gasteiger charge is 2.13. The van der Waals surface area contributed by atoms with Gasteiger partial charge in [0.15, 0.2) is 0 Å². The normalized spacial score (nSPS) is 14.6. The molecule has 0 bridgehead atoms. The van der Waals surface area contributed by atoms with Crippen LogP contribution < -0.4 is 4.74 Å². The van der Waals surface area contributed by atoms with Gasteiger partial charge in [0.2, 0.25) is 5.91 Å². The molecule has 2 rings (SSSR count). The van der Waals surface area contributed by atoms with E-state index >= 15 is 0 Å². The highest BCUT2D eigenvalue weighted by Crippen LogP contribution is 2.13. The summed E-state index contributed by atoms with van der Waals surface area (Å²) in [6.45, 7) is 1.62. The van der Waals surface area contributed by atoms with Gasteiger partial charge in [-0.3, -0.25) is 4.79 Å². The first kappa shape index (κ1) is 12.7. The molecule has 18 heavy (non-hydrogen) atoms. The lowest BCUT2D eigenvalue weighted by molar-refractivity contribution is -0.130. The number of hydrogen-bond acceptors (Lipinski definition) is 2. The Morgan fingerprint density at radius 1 is 1.28 bits per heavy atom. The van der Waals surface area contributed by atoms with Crippen LogP contribution >= 0.6 is 0 Å². The number of amides is 1. The summed E-state index contributed by atoms with van der Waals surface area (Å²) in [6, 6.07) is 7.90. The third-order valence-corrected chi connectivity index (χ3v) is 3.20. The number of aryl methyl sites for hydroxylation is 1. The largest absolute Gasteiger partial charge is 0.497 e. The van der Waals surface area contributed by atoms with Gasteiger partial charge in [-0.1, -0.05) is 24.3 Å². The molecule has 0 aromatic heterocycles. The Labute approximate surface area is 108 Å². The van der Waals surface area contributed by atoms with Crippen LogP contribution in [0, 0.1) is 0 Å². The van der Waals surface area contributed by atoms with Crippen LogP contribution in [0.5, 0.6) is 5.75 Å². The van der Waals surface area contributed by atoms with Crippen molar-refractivity contribution in [3.05, 3.63) is 42.0 Å². The Bertz CT molecular complexity index is 423. The number of methoxy groups -OCH3 is 1. The Hall–Kier alpha value is -1.77. The number of carbonyl (C=O) groups is 1. The second-order valence-electron chi connectivity index (χ2n) is 4.45. The van der Waals surface area contributed by atoms with Crippen molar-refractivity contribution in [3.63, 3.8) is 0 Å². The first-order chi connectivity index (χ1) is 8.79. The second kappa shape index (κ2) is 6.24. The molecule has 1 amide bonds. The van der Waals surface area contributed by atoms with E-state index in [-0.39, 0.29) is 5.91 Å². The standard InChI is InChI=1S/C15H19NO2/c1-18-14-8-5-13(6-9-14)7-10-15(17)16-11-3-2-4-12-16/h2-3,5-6,8-9H,4,7,10-12H2,1H3. The predicted molar refractivity (Wildman–Crippen MR) is 71.7 cm³/mol. The summed E-state index contributed by atoms with van der Waals surface area (Å²) in [5.41, 5.74) is 1.18. The van der Waals surface area contributed by atoms with Gasteiger partial charge in [-0.15, -0.1) is 0 Å². The summed E-state index contributed by atoms with van der Waals surface area (Å²) in [7, 11) is 1.66. The van der Waals surface area contributed by atoms with Crippen molar-refractivity contribution >= 4 is 5.91 Å². The topological polar surface area (TPSA) is 29.5 Å². The smallest absolute Gasteiger partial charge is 0.223 e.